The molecule has 2 heteroatoms. The maximum absolute atomic E-state index is 3.71. The summed E-state index contributed by atoms with van der Waals surface area (Å²) in [6.07, 6.45) is 13.1. The van der Waals surface area contributed by atoms with Crippen LogP contribution < -0.4 is 5.32 Å². The van der Waals surface area contributed by atoms with Gasteiger partial charge in [0, 0.05) is 19.1 Å². The van der Waals surface area contributed by atoms with Crippen LogP contribution in [-0.2, 0) is 0 Å². The number of nitrogens with zero attached hydrogens (tertiary/aromatic N) is 1. The Hall–Kier alpha value is -0.0800. The Balaban J connectivity index is 1.56. The van der Waals surface area contributed by atoms with Crippen LogP contribution in [0.5, 0.6) is 0 Å². The highest BCUT2D eigenvalue weighted by molar-refractivity contribution is 4.88. The molecule has 0 amide bonds. The van der Waals surface area contributed by atoms with E-state index in [2.05, 4.69) is 31.0 Å². The van der Waals surface area contributed by atoms with Gasteiger partial charge in [0.05, 0.1) is 0 Å². The third kappa shape index (κ3) is 5.90. The maximum Gasteiger partial charge on any atom is 0.0107 e. The number of piperidine rings is 1. The Morgan fingerprint density at radius 2 is 1.57 bits per heavy atom. The first-order chi connectivity index (χ1) is 10.1. The Morgan fingerprint density at radius 3 is 2.19 bits per heavy atom. The molecule has 2 fully saturated rings. The minimum atomic E-state index is 0.682. The van der Waals surface area contributed by atoms with Crippen LogP contribution in [0.25, 0.3) is 0 Å². The molecule has 1 saturated carbocycles. The number of nitrogens with one attached hydrogen (secondary N) is 1. The van der Waals surface area contributed by atoms with E-state index in [1.807, 2.05) is 0 Å². The van der Waals surface area contributed by atoms with Gasteiger partial charge in [-0.15, -0.1) is 0 Å². The molecule has 1 aliphatic carbocycles. The zero-order valence-electron chi connectivity index (χ0n) is 14.8. The number of hydrogen-bond donors (Lipinski definition) is 1. The van der Waals surface area contributed by atoms with E-state index < -0.39 is 0 Å². The predicted molar refractivity (Wildman–Crippen MR) is 92.7 cm³/mol. The highest BCUT2D eigenvalue weighted by atomic mass is 15.1. The monoisotopic (exact) mass is 294 g/mol. The third-order valence-corrected chi connectivity index (χ3v) is 5.93. The van der Waals surface area contributed by atoms with Gasteiger partial charge in [-0.1, -0.05) is 33.1 Å². The first-order valence-electron chi connectivity index (χ1n) is 9.55. The number of rotatable bonds is 7. The SMILES string of the molecule is CC(C)CCC(C)NCCN1CCC2(CCCCC2)CC1. The summed E-state index contributed by atoms with van der Waals surface area (Å²) in [5.41, 5.74) is 0.757. The standard InChI is InChI=1S/C19H38N2/c1-17(2)7-8-18(3)20-13-16-21-14-11-19(12-15-21)9-5-4-6-10-19/h17-18,20H,4-16H2,1-3H3. The lowest BCUT2D eigenvalue weighted by Gasteiger charge is -2.44. The second-order valence-electron chi connectivity index (χ2n) is 8.23. The number of likely N-dealkylation sites (tertiary alicyclic amines) is 1. The topological polar surface area (TPSA) is 15.3 Å². The molecular formula is C19H38N2. The summed E-state index contributed by atoms with van der Waals surface area (Å²) in [6.45, 7) is 12.1. The maximum atomic E-state index is 3.71. The average Bonchev–Trinajstić information content (AvgIpc) is 2.48. The van der Waals surface area contributed by atoms with Gasteiger partial charge in [-0.25, -0.2) is 0 Å². The van der Waals surface area contributed by atoms with Gasteiger partial charge in [-0.05, 0) is 69.9 Å². The minimum Gasteiger partial charge on any atom is -0.313 e. The van der Waals surface area contributed by atoms with E-state index in [1.54, 1.807) is 0 Å². The van der Waals surface area contributed by atoms with Crippen LogP contribution in [0.2, 0.25) is 0 Å². The molecule has 0 radical (unpaired) electrons. The van der Waals surface area contributed by atoms with E-state index in [4.69, 9.17) is 0 Å². The van der Waals surface area contributed by atoms with Crippen LogP contribution >= 0.6 is 0 Å². The highest BCUT2D eigenvalue weighted by Crippen LogP contribution is 2.44. The normalized spacial score (nSPS) is 24.6. The van der Waals surface area contributed by atoms with Crippen molar-refractivity contribution in [1.29, 1.82) is 0 Å². The average molecular weight is 295 g/mol. The van der Waals surface area contributed by atoms with Crippen molar-refractivity contribution in [3.8, 4) is 0 Å². The highest BCUT2D eigenvalue weighted by Gasteiger charge is 2.35. The summed E-state index contributed by atoms with van der Waals surface area (Å²) in [5, 5.41) is 3.71. The Bertz CT molecular complexity index is 271. The van der Waals surface area contributed by atoms with Gasteiger partial charge >= 0.3 is 0 Å². The fourth-order valence-electron chi connectivity index (χ4n) is 4.21. The van der Waals surface area contributed by atoms with Crippen molar-refractivity contribution in [3.63, 3.8) is 0 Å². The molecule has 0 aromatic heterocycles. The summed E-state index contributed by atoms with van der Waals surface area (Å²) in [5.74, 6) is 0.836. The minimum absolute atomic E-state index is 0.682. The number of hydrogen-bond acceptors (Lipinski definition) is 2. The van der Waals surface area contributed by atoms with Crippen LogP contribution in [0.15, 0.2) is 0 Å². The molecule has 1 aliphatic heterocycles. The van der Waals surface area contributed by atoms with Crippen molar-refractivity contribution in [2.75, 3.05) is 26.2 Å². The van der Waals surface area contributed by atoms with Gasteiger partial charge in [0.2, 0.25) is 0 Å². The van der Waals surface area contributed by atoms with E-state index in [9.17, 15) is 0 Å². The lowest BCUT2D eigenvalue weighted by Crippen LogP contribution is -2.44. The van der Waals surface area contributed by atoms with E-state index in [0.29, 0.717) is 6.04 Å². The Kier molecular flexibility index (Phi) is 7.01. The first-order valence-corrected chi connectivity index (χ1v) is 9.55. The fraction of sp³-hybridized carbons (Fsp3) is 1.00. The predicted octanol–water partition coefficient (Wildman–Crippen LogP) is 4.45. The van der Waals surface area contributed by atoms with Gasteiger partial charge in [-0.3, -0.25) is 0 Å². The van der Waals surface area contributed by atoms with Gasteiger partial charge in [0.15, 0.2) is 0 Å². The van der Waals surface area contributed by atoms with Crippen molar-refractivity contribution in [3.05, 3.63) is 0 Å². The van der Waals surface area contributed by atoms with Crippen LogP contribution in [0.1, 0.15) is 78.6 Å². The third-order valence-electron chi connectivity index (χ3n) is 5.93. The lowest BCUT2D eigenvalue weighted by atomic mass is 9.68. The molecule has 1 N–H and O–H groups in total. The van der Waals surface area contributed by atoms with Crippen LogP contribution in [0.4, 0.5) is 0 Å². The zero-order valence-corrected chi connectivity index (χ0v) is 14.8. The molecule has 2 nitrogen and oxygen atoms in total. The zero-order chi connectivity index (χ0) is 15.1. The van der Waals surface area contributed by atoms with E-state index in [0.717, 1.165) is 11.3 Å². The molecule has 124 valence electrons. The molecule has 1 saturated heterocycles. The molecular weight excluding hydrogens is 256 g/mol. The Labute approximate surface area is 133 Å². The van der Waals surface area contributed by atoms with Crippen molar-refractivity contribution in [1.82, 2.24) is 10.2 Å². The van der Waals surface area contributed by atoms with Gasteiger partial charge < -0.3 is 10.2 Å². The molecule has 0 bridgehead atoms. The quantitative estimate of drug-likeness (QED) is 0.746. The lowest BCUT2D eigenvalue weighted by molar-refractivity contribution is 0.0680. The molecule has 0 aromatic rings. The molecule has 21 heavy (non-hydrogen) atoms. The molecule has 1 heterocycles. The Morgan fingerprint density at radius 1 is 0.905 bits per heavy atom. The first kappa shape index (κ1) is 17.3. The van der Waals surface area contributed by atoms with Crippen molar-refractivity contribution in [2.45, 2.75) is 84.6 Å². The molecule has 1 unspecified atom stereocenters. The van der Waals surface area contributed by atoms with Crippen LogP contribution in [0.3, 0.4) is 0 Å². The summed E-state index contributed by atoms with van der Waals surface area (Å²) in [4.78, 5) is 2.70. The second-order valence-corrected chi connectivity index (χ2v) is 8.23. The van der Waals surface area contributed by atoms with E-state index in [1.165, 1.54) is 84.0 Å². The summed E-state index contributed by atoms with van der Waals surface area (Å²) >= 11 is 0. The summed E-state index contributed by atoms with van der Waals surface area (Å²) in [7, 11) is 0. The van der Waals surface area contributed by atoms with Crippen LogP contribution in [0, 0.1) is 11.3 Å². The summed E-state index contributed by atoms with van der Waals surface area (Å²) in [6, 6.07) is 0.682. The largest absolute Gasteiger partial charge is 0.313 e. The van der Waals surface area contributed by atoms with Crippen LogP contribution in [-0.4, -0.2) is 37.1 Å². The summed E-state index contributed by atoms with van der Waals surface area (Å²) < 4.78 is 0. The smallest absolute Gasteiger partial charge is 0.0107 e. The molecule has 2 rings (SSSR count). The van der Waals surface area contributed by atoms with Gasteiger partial charge in [0.1, 0.15) is 0 Å². The van der Waals surface area contributed by atoms with Crippen molar-refractivity contribution in [2.24, 2.45) is 11.3 Å². The van der Waals surface area contributed by atoms with Gasteiger partial charge in [-0.2, -0.15) is 0 Å². The fourth-order valence-corrected chi connectivity index (χ4v) is 4.21. The molecule has 1 atom stereocenters. The molecule has 2 aliphatic rings. The van der Waals surface area contributed by atoms with E-state index in [-0.39, 0.29) is 0 Å². The second kappa shape index (κ2) is 8.53. The molecule has 1 spiro atoms. The van der Waals surface area contributed by atoms with Gasteiger partial charge in [0.25, 0.3) is 0 Å². The van der Waals surface area contributed by atoms with Crippen molar-refractivity contribution < 1.29 is 0 Å². The van der Waals surface area contributed by atoms with E-state index >= 15 is 0 Å². The van der Waals surface area contributed by atoms with Crippen molar-refractivity contribution >= 4 is 0 Å². The molecule has 0 aromatic carbocycles.